The van der Waals surface area contributed by atoms with Crippen LogP contribution in [0.15, 0.2) is 54.6 Å². The molecule has 0 bridgehead atoms. The highest BCUT2D eigenvalue weighted by atomic mass is 16.7. The molecule has 128 valence electrons. The van der Waals surface area contributed by atoms with Gasteiger partial charge in [-0.15, -0.1) is 0 Å². The summed E-state index contributed by atoms with van der Waals surface area (Å²) in [6.45, 7) is 1.98. The lowest BCUT2D eigenvalue weighted by Gasteiger charge is -2.13. The highest BCUT2D eigenvalue weighted by Gasteiger charge is 2.03. The first kappa shape index (κ1) is 17.8. The standard InChI is InChI=1S/C19H24N2O3/c1-21(13-6-7-15-24-19(22)23-2)14-12-17-10-11-18(20-17)16-8-4-3-5-9-16/h3-11,20H,12-15H2,1-2H3/b7-6+. The van der Waals surface area contributed by atoms with E-state index in [2.05, 4.69) is 45.9 Å². The van der Waals surface area contributed by atoms with Crippen LogP contribution in [0.5, 0.6) is 0 Å². The van der Waals surface area contributed by atoms with Crippen LogP contribution >= 0.6 is 0 Å². The maximum absolute atomic E-state index is 10.8. The van der Waals surface area contributed by atoms with Gasteiger partial charge in [-0.25, -0.2) is 4.79 Å². The Morgan fingerprint density at radius 3 is 2.71 bits per heavy atom. The van der Waals surface area contributed by atoms with Crippen LogP contribution < -0.4 is 0 Å². The van der Waals surface area contributed by atoms with Crippen LogP contribution in [0.3, 0.4) is 0 Å². The van der Waals surface area contributed by atoms with E-state index in [9.17, 15) is 4.79 Å². The Labute approximate surface area is 142 Å². The molecule has 0 amide bonds. The average Bonchev–Trinajstić information content (AvgIpc) is 3.09. The quantitative estimate of drug-likeness (QED) is 0.595. The summed E-state index contributed by atoms with van der Waals surface area (Å²) < 4.78 is 9.17. The smallest absolute Gasteiger partial charge is 0.438 e. The third-order valence-electron chi connectivity index (χ3n) is 3.64. The van der Waals surface area contributed by atoms with E-state index in [1.165, 1.54) is 18.4 Å². The SMILES string of the molecule is COC(=O)OC/C=C/CN(C)CCc1ccc(-c2ccccc2)[nH]1. The minimum atomic E-state index is -0.658. The molecule has 1 N–H and O–H groups in total. The summed E-state index contributed by atoms with van der Waals surface area (Å²) in [5.74, 6) is 0. The van der Waals surface area contributed by atoms with Crippen molar-refractivity contribution in [2.24, 2.45) is 0 Å². The second-order valence-electron chi connectivity index (χ2n) is 5.51. The number of likely N-dealkylation sites (N-methyl/N-ethyl adjacent to an activating group) is 1. The van der Waals surface area contributed by atoms with Gasteiger partial charge in [-0.1, -0.05) is 36.4 Å². The van der Waals surface area contributed by atoms with Gasteiger partial charge < -0.3 is 19.4 Å². The number of carbonyl (C=O) groups is 1. The van der Waals surface area contributed by atoms with Crippen LogP contribution in [0.1, 0.15) is 5.69 Å². The molecule has 2 rings (SSSR count). The maximum Gasteiger partial charge on any atom is 0.508 e. The summed E-state index contributed by atoms with van der Waals surface area (Å²) in [7, 11) is 3.36. The zero-order chi connectivity index (χ0) is 17.2. The number of carbonyl (C=O) groups excluding carboxylic acids is 1. The molecule has 0 saturated carbocycles. The van der Waals surface area contributed by atoms with Crippen molar-refractivity contribution in [1.82, 2.24) is 9.88 Å². The van der Waals surface area contributed by atoms with Gasteiger partial charge in [-0.05, 0) is 30.8 Å². The van der Waals surface area contributed by atoms with E-state index >= 15 is 0 Å². The van der Waals surface area contributed by atoms with E-state index in [0.29, 0.717) is 0 Å². The zero-order valence-corrected chi connectivity index (χ0v) is 14.2. The van der Waals surface area contributed by atoms with Crippen LogP contribution in [0, 0.1) is 0 Å². The number of rotatable bonds is 8. The van der Waals surface area contributed by atoms with Gasteiger partial charge in [0.05, 0.1) is 7.11 Å². The number of aromatic nitrogens is 1. The van der Waals surface area contributed by atoms with E-state index in [0.717, 1.165) is 25.2 Å². The van der Waals surface area contributed by atoms with Crippen molar-refractivity contribution >= 4 is 6.16 Å². The number of benzene rings is 1. The Morgan fingerprint density at radius 1 is 1.17 bits per heavy atom. The molecule has 0 aliphatic rings. The molecular formula is C19H24N2O3. The third kappa shape index (κ3) is 5.93. The molecule has 1 aromatic heterocycles. The zero-order valence-electron chi connectivity index (χ0n) is 14.2. The largest absolute Gasteiger partial charge is 0.508 e. The van der Waals surface area contributed by atoms with Crippen LogP contribution in [0.2, 0.25) is 0 Å². The summed E-state index contributed by atoms with van der Waals surface area (Å²) >= 11 is 0. The Hall–Kier alpha value is -2.53. The molecule has 1 heterocycles. The Bertz CT molecular complexity index is 650. The minimum Gasteiger partial charge on any atom is -0.438 e. The fraction of sp³-hybridized carbons (Fsp3) is 0.316. The van der Waals surface area contributed by atoms with Crippen molar-refractivity contribution in [3.8, 4) is 11.3 Å². The second-order valence-corrected chi connectivity index (χ2v) is 5.51. The topological polar surface area (TPSA) is 54.6 Å². The van der Waals surface area contributed by atoms with Crippen molar-refractivity contribution in [2.75, 3.05) is 33.9 Å². The highest BCUT2D eigenvalue weighted by Crippen LogP contribution is 2.18. The van der Waals surface area contributed by atoms with Crippen molar-refractivity contribution in [2.45, 2.75) is 6.42 Å². The lowest BCUT2D eigenvalue weighted by Crippen LogP contribution is -2.21. The van der Waals surface area contributed by atoms with E-state index < -0.39 is 6.16 Å². The fourth-order valence-corrected chi connectivity index (χ4v) is 2.27. The van der Waals surface area contributed by atoms with Crippen LogP contribution in [-0.2, 0) is 15.9 Å². The van der Waals surface area contributed by atoms with Crippen molar-refractivity contribution < 1.29 is 14.3 Å². The van der Waals surface area contributed by atoms with Crippen LogP contribution in [0.4, 0.5) is 4.79 Å². The first-order valence-corrected chi connectivity index (χ1v) is 7.96. The van der Waals surface area contributed by atoms with Crippen LogP contribution in [-0.4, -0.2) is 49.9 Å². The fourth-order valence-electron chi connectivity index (χ4n) is 2.27. The summed E-state index contributed by atoms with van der Waals surface area (Å²) in [6.07, 6.45) is 4.09. The van der Waals surface area contributed by atoms with Gasteiger partial charge in [0.1, 0.15) is 6.61 Å². The first-order valence-electron chi connectivity index (χ1n) is 7.96. The number of aromatic amines is 1. The second kappa shape index (κ2) is 9.57. The number of methoxy groups -OCH3 is 1. The van der Waals surface area contributed by atoms with Crippen molar-refractivity contribution in [3.63, 3.8) is 0 Å². The van der Waals surface area contributed by atoms with Gasteiger partial charge in [-0.3, -0.25) is 0 Å². The minimum absolute atomic E-state index is 0.234. The number of H-pyrrole nitrogens is 1. The number of nitrogens with one attached hydrogen (secondary N) is 1. The number of ether oxygens (including phenoxy) is 2. The predicted molar refractivity (Wildman–Crippen MR) is 94.9 cm³/mol. The van der Waals surface area contributed by atoms with E-state index in [4.69, 9.17) is 4.74 Å². The van der Waals surface area contributed by atoms with Gasteiger partial charge in [0.25, 0.3) is 0 Å². The molecule has 0 saturated heterocycles. The van der Waals surface area contributed by atoms with Gasteiger partial charge >= 0.3 is 6.16 Å². The summed E-state index contributed by atoms with van der Waals surface area (Å²) in [6, 6.07) is 14.6. The third-order valence-corrected chi connectivity index (χ3v) is 3.64. The summed E-state index contributed by atoms with van der Waals surface area (Å²) in [4.78, 5) is 16.5. The van der Waals surface area contributed by atoms with E-state index in [-0.39, 0.29) is 6.61 Å². The van der Waals surface area contributed by atoms with E-state index in [1.54, 1.807) is 0 Å². The molecule has 24 heavy (non-hydrogen) atoms. The molecule has 0 spiro atoms. The molecular weight excluding hydrogens is 304 g/mol. The summed E-state index contributed by atoms with van der Waals surface area (Å²) in [5.41, 5.74) is 3.57. The van der Waals surface area contributed by atoms with Gasteiger partial charge in [0, 0.05) is 30.9 Å². The molecule has 5 nitrogen and oxygen atoms in total. The number of nitrogens with zero attached hydrogens (tertiary/aromatic N) is 1. The monoisotopic (exact) mass is 328 g/mol. The molecule has 0 aliphatic carbocycles. The summed E-state index contributed by atoms with van der Waals surface area (Å²) in [5, 5.41) is 0. The lowest BCUT2D eigenvalue weighted by molar-refractivity contribution is 0.0817. The first-order chi connectivity index (χ1) is 11.7. The molecule has 0 radical (unpaired) electrons. The van der Waals surface area contributed by atoms with Gasteiger partial charge in [0.15, 0.2) is 0 Å². The van der Waals surface area contributed by atoms with Gasteiger partial charge in [-0.2, -0.15) is 0 Å². The molecule has 0 atom stereocenters. The maximum atomic E-state index is 10.8. The molecule has 0 fully saturated rings. The van der Waals surface area contributed by atoms with Crippen LogP contribution in [0.25, 0.3) is 11.3 Å². The Kier molecular flexibility index (Phi) is 7.11. The van der Waals surface area contributed by atoms with Gasteiger partial charge in [0.2, 0.25) is 0 Å². The Morgan fingerprint density at radius 2 is 1.96 bits per heavy atom. The number of hydrogen-bond donors (Lipinski definition) is 1. The lowest BCUT2D eigenvalue weighted by atomic mass is 10.2. The molecule has 0 unspecified atom stereocenters. The van der Waals surface area contributed by atoms with Crippen molar-refractivity contribution in [1.29, 1.82) is 0 Å². The normalized spacial score (nSPS) is 11.1. The molecule has 2 aromatic rings. The Balaban J connectivity index is 1.70. The molecule has 1 aromatic carbocycles. The number of hydrogen-bond acceptors (Lipinski definition) is 4. The van der Waals surface area contributed by atoms with E-state index in [1.807, 2.05) is 30.4 Å². The highest BCUT2D eigenvalue weighted by molar-refractivity contribution is 5.60. The molecule has 0 aliphatic heterocycles. The predicted octanol–water partition coefficient (Wildman–Crippen LogP) is 3.50. The molecule has 5 heteroatoms. The average molecular weight is 328 g/mol. The van der Waals surface area contributed by atoms with Crippen molar-refractivity contribution in [3.05, 3.63) is 60.3 Å².